The minimum Gasteiger partial charge on any atom is -0.485 e. The van der Waals surface area contributed by atoms with Gasteiger partial charge in [-0.05, 0) is 36.2 Å². The molecule has 0 saturated heterocycles. The van der Waals surface area contributed by atoms with Crippen molar-refractivity contribution in [1.29, 1.82) is 0 Å². The highest BCUT2D eigenvalue weighted by Crippen LogP contribution is 2.27. The van der Waals surface area contributed by atoms with E-state index in [0.717, 1.165) is 27.7 Å². The number of aryl methyl sites for hydroxylation is 1. The van der Waals surface area contributed by atoms with E-state index < -0.39 is 4.92 Å². The maximum Gasteiger partial charge on any atom is 0.269 e. The fourth-order valence-corrected chi connectivity index (χ4v) is 3.97. The molecular weight excluding hydrogens is 412 g/mol. The van der Waals surface area contributed by atoms with Gasteiger partial charge in [0.1, 0.15) is 12.4 Å². The van der Waals surface area contributed by atoms with Gasteiger partial charge in [0.15, 0.2) is 11.0 Å². The van der Waals surface area contributed by atoms with Crippen LogP contribution in [0.15, 0.2) is 84.0 Å². The van der Waals surface area contributed by atoms with Gasteiger partial charge in [0.05, 0.1) is 4.92 Å². The van der Waals surface area contributed by atoms with E-state index >= 15 is 0 Å². The molecule has 8 heteroatoms. The van der Waals surface area contributed by atoms with Crippen LogP contribution in [0, 0.1) is 17.0 Å². The van der Waals surface area contributed by atoms with Crippen LogP contribution in [0.3, 0.4) is 0 Å². The average Bonchev–Trinajstić information content (AvgIpc) is 3.21. The summed E-state index contributed by atoms with van der Waals surface area (Å²) < 4.78 is 7.98. The van der Waals surface area contributed by atoms with Crippen LogP contribution < -0.4 is 4.74 Å². The van der Waals surface area contributed by atoms with E-state index in [1.54, 1.807) is 12.1 Å². The summed E-state index contributed by atoms with van der Waals surface area (Å²) in [4.78, 5) is 10.4. The molecule has 0 fully saturated rings. The Hall–Kier alpha value is -3.65. The Morgan fingerprint density at radius 1 is 0.968 bits per heavy atom. The zero-order valence-electron chi connectivity index (χ0n) is 16.8. The van der Waals surface area contributed by atoms with Gasteiger partial charge >= 0.3 is 0 Å². The van der Waals surface area contributed by atoms with E-state index in [4.69, 9.17) is 4.74 Å². The van der Waals surface area contributed by atoms with Crippen LogP contribution in [0.1, 0.15) is 17.0 Å². The predicted octanol–water partition coefficient (Wildman–Crippen LogP) is 5.36. The van der Waals surface area contributed by atoms with E-state index in [1.165, 1.54) is 23.9 Å². The molecule has 31 heavy (non-hydrogen) atoms. The molecule has 0 spiro atoms. The fraction of sp³-hybridized carbons (Fsp3) is 0.130. The van der Waals surface area contributed by atoms with Crippen molar-refractivity contribution in [3.8, 4) is 11.4 Å². The molecule has 1 heterocycles. The number of hydrogen-bond acceptors (Lipinski definition) is 6. The molecule has 0 saturated carbocycles. The van der Waals surface area contributed by atoms with Crippen molar-refractivity contribution in [2.45, 2.75) is 24.4 Å². The summed E-state index contributed by atoms with van der Waals surface area (Å²) in [6, 6.07) is 24.3. The Balaban J connectivity index is 1.56. The van der Waals surface area contributed by atoms with Crippen LogP contribution in [0.5, 0.6) is 5.75 Å². The number of nitro groups is 1. The van der Waals surface area contributed by atoms with Crippen molar-refractivity contribution in [3.63, 3.8) is 0 Å². The Labute approximate surface area is 183 Å². The van der Waals surface area contributed by atoms with E-state index in [-0.39, 0.29) is 12.3 Å². The van der Waals surface area contributed by atoms with Crippen LogP contribution in [0.2, 0.25) is 0 Å². The molecule has 0 aliphatic heterocycles. The summed E-state index contributed by atoms with van der Waals surface area (Å²) >= 11 is 1.52. The smallest absolute Gasteiger partial charge is 0.269 e. The number of nitro benzene ring substituents is 1. The third-order valence-electron chi connectivity index (χ3n) is 4.68. The Bertz CT molecular complexity index is 1180. The van der Waals surface area contributed by atoms with E-state index in [0.29, 0.717) is 11.6 Å². The molecule has 7 nitrogen and oxygen atoms in total. The second-order valence-electron chi connectivity index (χ2n) is 6.84. The summed E-state index contributed by atoms with van der Waals surface area (Å²) in [6.45, 7) is 2.29. The largest absolute Gasteiger partial charge is 0.485 e. The van der Waals surface area contributed by atoms with Crippen LogP contribution in [-0.4, -0.2) is 19.7 Å². The third kappa shape index (κ3) is 4.92. The molecule has 1 aromatic heterocycles. The molecule has 0 unspecified atom stereocenters. The Morgan fingerprint density at radius 2 is 1.68 bits per heavy atom. The van der Waals surface area contributed by atoms with Gasteiger partial charge in [0.2, 0.25) is 0 Å². The summed E-state index contributed by atoms with van der Waals surface area (Å²) in [5.74, 6) is 2.12. The maximum absolute atomic E-state index is 10.8. The van der Waals surface area contributed by atoms with Crippen molar-refractivity contribution in [3.05, 3.63) is 106 Å². The Morgan fingerprint density at radius 3 is 2.39 bits per heavy atom. The van der Waals surface area contributed by atoms with Crippen molar-refractivity contribution < 1.29 is 9.66 Å². The summed E-state index contributed by atoms with van der Waals surface area (Å²) in [7, 11) is 0. The first-order valence-electron chi connectivity index (χ1n) is 9.66. The van der Waals surface area contributed by atoms with Crippen LogP contribution >= 0.6 is 11.8 Å². The van der Waals surface area contributed by atoms with Crippen molar-refractivity contribution in [1.82, 2.24) is 14.8 Å². The molecule has 0 radical (unpaired) electrons. The van der Waals surface area contributed by atoms with E-state index in [1.807, 2.05) is 66.1 Å². The number of para-hydroxylation sites is 2. The van der Waals surface area contributed by atoms with Gasteiger partial charge < -0.3 is 4.74 Å². The highest BCUT2D eigenvalue weighted by atomic mass is 32.2. The second kappa shape index (κ2) is 9.44. The monoisotopic (exact) mass is 432 g/mol. The minimum absolute atomic E-state index is 0.0804. The first-order valence-corrected chi connectivity index (χ1v) is 10.6. The van der Waals surface area contributed by atoms with Gasteiger partial charge in [-0.25, -0.2) is 0 Å². The lowest BCUT2D eigenvalue weighted by Gasteiger charge is -2.12. The predicted molar refractivity (Wildman–Crippen MR) is 120 cm³/mol. The number of non-ortho nitro benzene ring substituents is 1. The highest BCUT2D eigenvalue weighted by molar-refractivity contribution is 7.98. The van der Waals surface area contributed by atoms with Gasteiger partial charge in [-0.1, -0.05) is 60.3 Å². The van der Waals surface area contributed by atoms with Gasteiger partial charge in [-0.3, -0.25) is 14.7 Å². The van der Waals surface area contributed by atoms with Gasteiger partial charge in [0, 0.05) is 23.6 Å². The molecule has 0 aliphatic carbocycles. The first-order chi connectivity index (χ1) is 15.1. The quantitative estimate of drug-likeness (QED) is 0.212. The average molecular weight is 433 g/mol. The number of nitrogens with zero attached hydrogens (tertiary/aromatic N) is 4. The van der Waals surface area contributed by atoms with E-state index in [9.17, 15) is 10.1 Å². The first kappa shape index (κ1) is 20.6. The molecular formula is C23H20N4O3S. The van der Waals surface area contributed by atoms with Crippen molar-refractivity contribution >= 4 is 17.4 Å². The number of benzene rings is 3. The Kier molecular flexibility index (Phi) is 6.28. The highest BCUT2D eigenvalue weighted by Gasteiger charge is 2.16. The molecule has 4 rings (SSSR count). The van der Waals surface area contributed by atoms with Crippen LogP contribution in [0.4, 0.5) is 5.69 Å². The number of hydrogen-bond donors (Lipinski definition) is 0. The lowest BCUT2D eigenvalue weighted by atomic mass is 10.2. The molecule has 0 N–H and O–H groups in total. The van der Waals surface area contributed by atoms with Crippen molar-refractivity contribution in [2.24, 2.45) is 0 Å². The number of aromatic nitrogens is 3. The zero-order valence-corrected chi connectivity index (χ0v) is 17.7. The second-order valence-corrected chi connectivity index (χ2v) is 7.78. The zero-order chi connectivity index (χ0) is 21.6. The van der Waals surface area contributed by atoms with E-state index in [2.05, 4.69) is 10.2 Å². The lowest BCUT2D eigenvalue weighted by Crippen LogP contribution is -2.07. The third-order valence-corrected chi connectivity index (χ3v) is 5.68. The number of rotatable bonds is 8. The number of thioether (sulfide) groups is 1. The summed E-state index contributed by atoms with van der Waals surface area (Å²) in [5.41, 5.74) is 3.05. The fourth-order valence-electron chi connectivity index (χ4n) is 3.05. The summed E-state index contributed by atoms with van der Waals surface area (Å²) in [6.07, 6.45) is 0. The molecule has 156 valence electrons. The normalized spacial score (nSPS) is 10.7. The molecule has 0 bridgehead atoms. The van der Waals surface area contributed by atoms with Crippen molar-refractivity contribution in [2.75, 3.05) is 0 Å². The summed E-state index contributed by atoms with van der Waals surface area (Å²) in [5, 5.41) is 20.3. The molecule has 0 aliphatic rings. The molecule has 3 aromatic carbocycles. The lowest BCUT2D eigenvalue weighted by molar-refractivity contribution is -0.384. The van der Waals surface area contributed by atoms with Gasteiger partial charge in [-0.15, -0.1) is 10.2 Å². The maximum atomic E-state index is 10.8. The van der Waals surface area contributed by atoms with Gasteiger partial charge in [0.25, 0.3) is 5.69 Å². The van der Waals surface area contributed by atoms with Gasteiger partial charge in [-0.2, -0.15) is 0 Å². The topological polar surface area (TPSA) is 83.1 Å². The van der Waals surface area contributed by atoms with Crippen LogP contribution in [0.25, 0.3) is 5.69 Å². The SMILES string of the molecule is Cc1ccccc1OCc1nnc(SCc2ccc([N+](=O)[O-])cc2)n1-c1ccccc1. The molecule has 0 amide bonds. The van der Waals surface area contributed by atoms with Crippen LogP contribution in [-0.2, 0) is 12.4 Å². The standard InChI is InChI=1S/C23H20N4O3S/c1-17-7-5-6-10-21(17)30-15-22-24-25-23(26(22)19-8-3-2-4-9-19)31-16-18-11-13-20(14-12-18)27(28)29/h2-14H,15-16H2,1H3. The molecule has 4 aromatic rings. The number of ether oxygens (including phenoxy) is 1. The molecule has 0 atom stereocenters. The minimum atomic E-state index is -0.399.